The fraction of sp³-hybridized carbons (Fsp3) is 0.533. The Morgan fingerprint density at radius 2 is 1.76 bits per heavy atom. The van der Waals surface area contributed by atoms with Crippen LogP contribution in [0.3, 0.4) is 0 Å². The molecule has 0 bridgehead atoms. The van der Waals surface area contributed by atoms with Crippen molar-refractivity contribution >= 4 is 21.8 Å². The number of hydrogen-bond donors (Lipinski definition) is 1. The Bertz CT molecular complexity index is 550. The molecular formula is C15H26O8P2. The molecule has 25 heavy (non-hydrogen) atoms. The highest BCUT2D eigenvalue weighted by molar-refractivity contribution is 7.53. The molecule has 144 valence electrons. The van der Waals surface area contributed by atoms with E-state index in [1.54, 1.807) is 20.8 Å². The van der Waals surface area contributed by atoms with E-state index in [-0.39, 0.29) is 26.0 Å². The van der Waals surface area contributed by atoms with Crippen LogP contribution in [0.1, 0.15) is 26.3 Å². The third kappa shape index (κ3) is 12.9. The van der Waals surface area contributed by atoms with E-state index >= 15 is 0 Å². The van der Waals surface area contributed by atoms with E-state index in [0.717, 1.165) is 5.56 Å². The summed E-state index contributed by atoms with van der Waals surface area (Å²) in [7, 11) is -5.79. The van der Waals surface area contributed by atoms with E-state index < -0.39 is 21.8 Å². The van der Waals surface area contributed by atoms with Gasteiger partial charge in [0.15, 0.2) is 6.61 Å². The van der Waals surface area contributed by atoms with E-state index in [9.17, 15) is 13.9 Å². The average Bonchev–Trinajstić information content (AvgIpc) is 2.60. The highest BCUT2D eigenvalue weighted by Gasteiger charge is 2.22. The van der Waals surface area contributed by atoms with Gasteiger partial charge in [-0.1, -0.05) is 37.3 Å². The van der Waals surface area contributed by atoms with Crippen LogP contribution in [0.25, 0.3) is 0 Å². The van der Waals surface area contributed by atoms with Gasteiger partial charge in [-0.25, -0.2) is 4.79 Å². The minimum atomic E-state index is -3.15. The predicted octanol–water partition coefficient (Wildman–Crippen LogP) is 3.40. The van der Waals surface area contributed by atoms with Crippen LogP contribution in [0.4, 0.5) is 0 Å². The van der Waals surface area contributed by atoms with Crippen molar-refractivity contribution in [1.82, 2.24) is 0 Å². The van der Waals surface area contributed by atoms with Crippen LogP contribution in [-0.2, 0) is 38.8 Å². The van der Waals surface area contributed by atoms with Gasteiger partial charge in [0.1, 0.15) is 6.61 Å². The molecule has 2 unspecified atom stereocenters. The van der Waals surface area contributed by atoms with Crippen LogP contribution in [0, 0.1) is 0 Å². The molecule has 0 saturated heterocycles. The van der Waals surface area contributed by atoms with Crippen LogP contribution in [0.15, 0.2) is 30.3 Å². The molecule has 0 aliphatic heterocycles. The van der Waals surface area contributed by atoms with Gasteiger partial charge in [0.25, 0.3) is 0 Å². The van der Waals surface area contributed by atoms with Crippen LogP contribution in [-0.4, -0.2) is 36.8 Å². The Morgan fingerprint density at radius 3 is 2.20 bits per heavy atom. The maximum Gasteiger partial charge on any atom is 0.333 e. The summed E-state index contributed by atoms with van der Waals surface area (Å²) in [5, 5.41) is 0. The van der Waals surface area contributed by atoms with E-state index in [1.165, 1.54) is 0 Å². The summed E-state index contributed by atoms with van der Waals surface area (Å²) in [5.74, 6) is -0.558. The third-order valence-corrected chi connectivity index (χ3v) is 5.09. The second kappa shape index (κ2) is 14.2. The van der Waals surface area contributed by atoms with Gasteiger partial charge in [-0.2, -0.15) is 0 Å². The minimum Gasteiger partial charge on any atom is -0.459 e. The Labute approximate surface area is 148 Å². The second-order valence-corrected chi connectivity index (χ2v) is 7.65. The van der Waals surface area contributed by atoms with Crippen LogP contribution >= 0.6 is 15.9 Å². The molecule has 0 aliphatic carbocycles. The predicted molar refractivity (Wildman–Crippen MR) is 94.8 cm³/mol. The maximum absolute atomic E-state index is 11.9. The van der Waals surface area contributed by atoms with Crippen molar-refractivity contribution in [2.75, 3.05) is 26.0 Å². The molecule has 10 heteroatoms. The topological polar surface area (TPSA) is 108 Å². The van der Waals surface area contributed by atoms with Gasteiger partial charge >= 0.3 is 21.8 Å². The van der Waals surface area contributed by atoms with Crippen molar-refractivity contribution in [2.24, 2.45) is 0 Å². The van der Waals surface area contributed by atoms with E-state index in [0.29, 0.717) is 6.61 Å². The van der Waals surface area contributed by atoms with Gasteiger partial charge in [0, 0.05) is 6.16 Å². The molecule has 0 saturated carbocycles. The second-order valence-electron chi connectivity index (χ2n) is 4.46. The smallest absolute Gasteiger partial charge is 0.333 e. The van der Waals surface area contributed by atoms with Gasteiger partial charge in [-0.3, -0.25) is 13.7 Å². The Kier molecular flexibility index (Phi) is 13.6. The highest BCUT2D eigenvalue weighted by atomic mass is 31.2. The molecule has 0 aliphatic rings. The van der Waals surface area contributed by atoms with Gasteiger partial charge < -0.3 is 18.7 Å². The zero-order valence-electron chi connectivity index (χ0n) is 14.7. The van der Waals surface area contributed by atoms with Crippen LogP contribution < -0.4 is 0 Å². The number of ether oxygens (including phenoxy) is 1. The lowest BCUT2D eigenvalue weighted by Crippen LogP contribution is -2.13. The Balaban J connectivity index is 0.000000823. The molecule has 0 spiro atoms. The largest absolute Gasteiger partial charge is 0.459 e. The Morgan fingerprint density at radius 1 is 1.12 bits per heavy atom. The first-order valence-electron chi connectivity index (χ1n) is 7.80. The number of hydrogen-bond acceptors (Lipinski definition) is 7. The lowest BCUT2D eigenvalue weighted by molar-refractivity contribution is -0.147. The molecule has 0 heterocycles. The standard InChI is InChI=1S/C13H19O5P.C2H7O3P/c1-3-17-19(15,4-2)18-11-13(14)16-10-12-8-6-5-7-9-12;1-2-5-6(3)4/h5-9H,3-4,10-11H2,1-2H3;6H,2H2,1H3,(H,3,4). The molecule has 1 N–H and O–H groups in total. The summed E-state index contributed by atoms with van der Waals surface area (Å²) in [4.78, 5) is 19.3. The first-order valence-corrected chi connectivity index (χ1v) is 10.8. The summed E-state index contributed by atoms with van der Waals surface area (Å²) in [6.45, 7) is 5.48. The first-order chi connectivity index (χ1) is 11.9. The van der Waals surface area contributed by atoms with Crippen molar-refractivity contribution in [2.45, 2.75) is 27.4 Å². The normalized spacial score (nSPS) is 13.9. The highest BCUT2D eigenvalue weighted by Crippen LogP contribution is 2.47. The van der Waals surface area contributed by atoms with Gasteiger partial charge in [0.2, 0.25) is 0 Å². The van der Waals surface area contributed by atoms with Crippen molar-refractivity contribution in [3.63, 3.8) is 0 Å². The van der Waals surface area contributed by atoms with E-state index in [4.69, 9.17) is 18.7 Å². The molecule has 0 radical (unpaired) electrons. The molecule has 0 amide bonds. The van der Waals surface area contributed by atoms with E-state index in [2.05, 4.69) is 4.52 Å². The fourth-order valence-corrected chi connectivity index (χ4v) is 2.85. The SMILES string of the molecule is CCOP(=O)(CC)OCC(=O)OCc1ccccc1.CCO[PH](=O)O. The summed E-state index contributed by atoms with van der Waals surface area (Å²) in [6, 6.07) is 9.31. The number of carbonyl (C=O) groups excluding carboxylic acids is 1. The maximum atomic E-state index is 11.9. The van der Waals surface area contributed by atoms with Gasteiger partial charge in [-0.15, -0.1) is 0 Å². The van der Waals surface area contributed by atoms with Crippen LogP contribution in [0.5, 0.6) is 0 Å². The summed E-state index contributed by atoms with van der Waals surface area (Å²) >= 11 is 0. The van der Waals surface area contributed by atoms with E-state index in [1.807, 2.05) is 30.3 Å². The first kappa shape index (κ1) is 24.0. The molecule has 1 aromatic carbocycles. The minimum absolute atomic E-state index is 0.175. The Hall–Kier alpha value is -1.01. The summed E-state index contributed by atoms with van der Waals surface area (Å²) in [6.07, 6.45) is 0.229. The summed E-state index contributed by atoms with van der Waals surface area (Å²) < 4.78 is 40.7. The van der Waals surface area contributed by atoms with Crippen molar-refractivity contribution < 1.29 is 37.1 Å². The molecule has 1 rings (SSSR count). The monoisotopic (exact) mass is 396 g/mol. The molecule has 1 aromatic rings. The summed E-state index contributed by atoms with van der Waals surface area (Å²) in [5.41, 5.74) is 0.888. The number of esters is 1. The zero-order chi connectivity index (χ0) is 19.1. The molecule has 2 atom stereocenters. The zero-order valence-corrected chi connectivity index (χ0v) is 16.6. The number of rotatable bonds is 10. The third-order valence-electron chi connectivity index (χ3n) is 2.60. The van der Waals surface area contributed by atoms with Crippen molar-refractivity contribution in [1.29, 1.82) is 0 Å². The fourth-order valence-electron chi connectivity index (χ4n) is 1.47. The van der Waals surface area contributed by atoms with Crippen molar-refractivity contribution in [3.8, 4) is 0 Å². The number of benzene rings is 1. The molecule has 0 aromatic heterocycles. The lowest BCUT2D eigenvalue weighted by Gasteiger charge is -2.15. The van der Waals surface area contributed by atoms with Gasteiger partial charge in [0.05, 0.1) is 13.2 Å². The quantitative estimate of drug-likeness (QED) is 0.474. The average molecular weight is 396 g/mol. The number of carbonyl (C=O) groups is 1. The molecular weight excluding hydrogens is 370 g/mol. The molecule has 8 nitrogen and oxygen atoms in total. The lowest BCUT2D eigenvalue weighted by atomic mass is 10.2. The van der Waals surface area contributed by atoms with Crippen LogP contribution in [0.2, 0.25) is 0 Å². The van der Waals surface area contributed by atoms with Gasteiger partial charge in [-0.05, 0) is 19.4 Å². The molecule has 0 fully saturated rings. The van der Waals surface area contributed by atoms with Crippen molar-refractivity contribution in [3.05, 3.63) is 35.9 Å².